The van der Waals surface area contributed by atoms with Crippen molar-refractivity contribution in [3.05, 3.63) is 34.6 Å². The molecule has 1 heterocycles. The smallest absolute Gasteiger partial charge is 0.229 e. The van der Waals surface area contributed by atoms with Gasteiger partial charge in [0.1, 0.15) is 5.82 Å². The highest BCUT2D eigenvalue weighted by Gasteiger charge is 2.29. The molecule has 0 radical (unpaired) electrons. The lowest BCUT2D eigenvalue weighted by Crippen LogP contribution is -2.34. The van der Waals surface area contributed by atoms with Crippen LogP contribution in [0, 0.1) is 5.82 Å². The molecule has 0 aromatic heterocycles. The standard InChI is InChI=1S/C15H16ClFN2O3/c1-18(9-10-11(16)3-2-4-12(10)17)13(20)7-8-19-14(21)5-6-15(19)22/h2-4H,5-9H2,1H3. The Morgan fingerprint density at radius 2 is 1.95 bits per heavy atom. The van der Waals surface area contributed by atoms with Gasteiger partial charge in [-0.25, -0.2) is 4.39 Å². The summed E-state index contributed by atoms with van der Waals surface area (Å²) in [5, 5.41) is 0.254. The molecule has 118 valence electrons. The molecular weight excluding hydrogens is 311 g/mol. The van der Waals surface area contributed by atoms with Crippen molar-refractivity contribution < 1.29 is 18.8 Å². The molecule has 0 unspecified atom stereocenters. The van der Waals surface area contributed by atoms with Crippen LogP contribution in [-0.4, -0.2) is 41.1 Å². The number of hydrogen-bond acceptors (Lipinski definition) is 3. The minimum Gasteiger partial charge on any atom is -0.341 e. The number of likely N-dealkylation sites (tertiary alicyclic amines) is 1. The summed E-state index contributed by atoms with van der Waals surface area (Å²) in [5.74, 6) is -1.26. The molecule has 0 atom stereocenters. The van der Waals surface area contributed by atoms with E-state index in [1.54, 1.807) is 6.07 Å². The fraction of sp³-hybridized carbons (Fsp3) is 0.400. The monoisotopic (exact) mass is 326 g/mol. The van der Waals surface area contributed by atoms with Crippen LogP contribution in [0.5, 0.6) is 0 Å². The van der Waals surface area contributed by atoms with Gasteiger partial charge in [-0.1, -0.05) is 17.7 Å². The van der Waals surface area contributed by atoms with Crippen LogP contribution in [0.2, 0.25) is 5.02 Å². The van der Waals surface area contributed by atoms with Crippen molar-refractivity contribution in [1.82, 2.24) is 9.80 Å². The number of halogens is 2. The molecule has 7 heteroatoms. The van der Waals surface area contributed by atoms with Crippen LogP contribution in [0.15, 0.2) is 18.2 Å². The number of hydrogen-bond donors (Lipinski definition) is 0. The first-order chi connectivity index (χ1) is 10.4. The van der Waals surface area contributed by atoms with Crippen molar-refractivity contribution in [1.29, 1.82) is 0 Å². The molecule has 1 aromatic carbocycles. The number of rotatable bonds is 5. The van der Waals surface area contributed by atoms with Crippen LogP contribution in [0.1, 0.15) is 24.8 Å². The molecule has 0 bridgehead atoms. The van der Waals surface area contributed by atoms with Crippen molar-refractivity contribution in [3.8, 4) is 0 Å². The highest BCUT2D eigenvalue weighted by molar-refractivity contribution is 6.31. The van der Waals surface area contributed by atoms with E-state index < -0.39 is 5.82 Å². The Morgan fingerprint density at radius 1 is 1.32 bits per heavy atom. The average molecular weight is 327 g/mol. The third-order valence-corrected chi connectivity index (χ3v) is 3.94. The van der Waals surface area contributed by atoms with Crippen molar-refractivity contribution in [2.45, 2.75) is 25.8 Å². The van der Waals surface area contributed by atoms with E-state index in [4.69, 9.17) is 11.6 Å². The van der Waals surface area contributed by atoms with E-state index in [-0.39, 0.29) is 60.7 Å². The number of imide groups is 1. The summed E-state index contributed by atoms with van der Waals surface area (Å²) in [5.41, 5.74) is 0.244. The number of nitrogens with zero attached hydrogens (tertiary/aromatic N) is 2. The van der Waals surface area contributed by atoms with E-state index in [1.807, 2.05) is 0 Å². The Bertz CT molecular complexity index is 585. The SMILES string of the molecule is CN(Cc1c(F)cccc1Cl)C(=O)CCN1C(=O)CCC1=O. The highest BCUT2D eigenvalue weighted by atomic mass is 35.5. The van der Waals surface area contributed by atoms with Gasteiger partial charge in [-0.15, -0.1) is 0 Å². The molecule has 2 rings (SSSR count). The Labute approximate surface area is 132 Å². The molecule has 0 N–H and O–H groups in total. The van der Waals surface area contributed by atoms with E-state index >= 15 is 0 Å². The van der Waals surface area contributed by atoms with Gasteiger partial charge in [-0.3, -0.25) is 19.3 Å². The molecule has 0 spiro atoms. The molecule has 1 fully saturated rings. The summed E-state index contributed by atoms with van der Waals surface area (Å²) < 4.78 is 13.7. The van der Waals surface area contributed by atoms with E-state index in [1.165, 1.54) is 24.1 Å². The van der Waals surface area contributed by atoms with Gasteiger partial charge in [0.15, 0.2) is 0 Å². The summed E-state index contributed by atoms with van der Waals surface area (Å²) in [6, 6.07) is 4.33. The van der Waals surface area contributed by atoms with E-state index in [9.17, 15) is 18.8 Å². The Morgan fingerprint density at radius 3 is 2.55 bits per heavy atom. The zero-order valence-corrected chi connectivity index (χ0v) is 12.9. The van der Waals surface area contributed by atoms with Crippen molar-refractivity contribution >= 4 is 29.3 Å². The minimum absolute atomic E-state index is 0.0139. The molecule has 5 nitrogen and oxygen atoms in total. The van der Waals surface area contributed by atoms with Gasteiger partial charge in [0.25, 0.3) is 0 Å². The summed E-state index contributed by atoms with van der Waals surface area (Å²) >= 11 is 5.92. The van der Waals surface area contributed by atoms with Gasteiger partial charge in [-0.05, 0) is 12.1 Å². The van der Waals surface area contributed by atoms with Gasteiger partial charge in [0.2, 0.25) is 17.7 Å². The largest absolute Gasteiger partial charge is 0.341 e. The van der Waals surface area contributed by atoms with Gasteiger partial charge < -0.3 is 4.90 Å². The van der Waals surface area contributed by atoms with Crippen LogP contribution in [-0.2, 0) is 20.9 Å². The lowest BCUT2D eigenvalue weighted by atomic mass is 10.2. The fourth-order valence-electron chi connectivity index (χ4n) is 2.28. The predicted molar refractivity (Wildman–Crippen MR) is 78.5 cm³/mol. The zero-order valence-electron chi connectivity index (χ0n) is 12.1. The van der Waals surface area contributed by atoms with Crippen molar-refractivity contribution in [2.24, 2.45) is 0 Å². The predicted octanol–water partition coefficient (Wildman–Crippen LogP) is 1.98. The van der Waals surface area contributed by atoms with Crippen LogP contribution < -0.4 is 0 Å². The topological polar surface area (TPSA) is 57.7 Å². The molecule has 1 saturated heterocycles. The van der Waals surface area contributed by atoms with Crippen LogP contribution in [0.3, 0.4) is 0 Å². The molecule has 0 saturated carbocycles. The number of amides is 3. The number of carbonyl (C=O) groups excluding carboxylic acids is 3. The number of carbonyl (C=O) groups is 3. The van der Waals surface area contributed by atoms with Gasteiger partial charge in [0, 0.05) is 50.0 Å². The molecule has 1 aromatic rings. The van der Waals surface area contributed by atoms with Crippen LogP contribution in [0.4, 0.5) is 4.39 Å². The second kappa shape index (κ2) is 6.87. The number of benzene rings is 1. The van der Waals surface area contributed by atoms with E-state index in [2.05, 4.69) is 0 Å². The molecule has 1 aliphatic heterocycles. The Balaban J connectivity index is 1.92. The molecule has 3 amide bonds. The second-order valence-corrected chi connectivity index (χ2v) is 5.55. The maximum Gasteiger partial charge on any atom is 0.229 e. The average Bonchev–Trinajstić information content (AvgIpc) is 2.79. The summed E-state index contributed by atoms with van der Waals surface area (Å²) in [7, 11) is 1.53. The van der Waals surface area contributed by atoms with Crippen molar-refractivity contribution in [2.75, 3.05) is 13.6 Å². The lowest BCUT2D eigenvalue weighted by Gasteiger charge is -2.20. The van der Waals surface area contributed by atoms with Crippen LogP contribution >= 0.6 is 11.6 Å². The van der Waals surface area contributed by atoms with E-state index in [0.717, 1.165) is 4.90 Å². The lowest BCUT2D eigenvalue weighted by molar-refractivity contribution is -0.139. The van der Waals surface area contributed by atoms with Crippen LogP contribution in [0.25, 0.3) is 0 Å². The maximum atomic E-state index is 13.7. The first-order valence-corrected chi connectivity index (χ1v) is 7.28. The summed E-state index contributed by atoms with van der Waals surface area (Å²) in [4.78, 5) is 37.4. The Kier molecular flexibility index (Phi) is 5.13. The van der Waals surface area contributed by atoms with Gasteiger partial charge in [0.05, 0.1) is 0 Å². The Hall–Kier alpha value is -1.95. The third-order valence-electron chi connectivity index (χ3n) is 3.59. The van der Waals surface area contributed by atoms with Crippen molar-refractivity contribution in [3.63, 3.8) is 0 Å². The third kappa shape index (κ3) is 3.62. The van der Waals surface area contributed by atoms with Gasteiger partial charge in [-0.2, -0.15) is 0 Å². The second-order valence-electron chi connectivity index (χ2n) is 5.14. The summed E-state index contributed by atoms with van der Waals surface area (Å²) in [6.45, 7) is 0.0953. The maximum absolute atomic E-state index is 13.7. The zero-order chi connectivity index (χ0) is 16.3. The first kappa shape index (κ1) is 16.4. The molecular formula is C15H16ClFN2O3. The summed E-state index contributed by atoms with van der Waals surface area (Å²) in [6.07, 6.45) is 0.418. The molecule has 1 aliphatic rings. The quantitative estimate of drug-likeness (QED) is 0.777. The fourth-order valence-corrected chi connectivity index (χ4v) is 2.50. The highest BCUT2D eigenvalue weighted by Crippen LogP contribution is 2.20. The minimum atomic E-state index is -0.475. The first-order valence-electron chi connectivity index (χ1n) is 6.90. The van der Waals surface area contributed by atoms with E-state index in [0.29, 0.717) is 0 Å². The molecule has 22 heavy (non-hydrogen) atoms. The van der Waals surface area contributed by atoms with Gasteiger partial charge >= 0.3 is 0 Å². The normalized spacial score (nSPS) is 14.6. The molecule has 0 aliphatic carbocycles.